The maximum Gasteiger partial charge on any atom is 0.338 e. The molecule has 0 saturated heterocycles. The molecule has 1 aliphatic rings. The molecule has 178 valence electrons. The predicted molar refractivity (Wildman–Crippen MR) is 124 cm³/mol. The first-order valence-corrected chi connectivity index (χ1v) is 11.1. The number of carbonyl (C=O) groups excluding carboxylic acids is 1. The van der Waals surface area contributed by atoms with Crippen LogP contribution in [0.2, 0.25) is 0 Å². The van der Waals surface area contributed by atoms with Gasteiger partial charge in [0.15, 0.2) is 11.5 Å². The van der Waals surface area contributed by atoms with Crippen LogP contribution in [-0.2, 0) is 16.1 Å². The van der Waals surface area contributed by atoms with Gasteiger partial charge in [-0.1, -0.05) is 24.3 Å². The molecule has 1 unspecified atom stereocenters. The van der Waals surface area contributed by atoms with Crippen LogP contribution in [0.1, 0.15) is 44.9 Å². The van der Waals surface area contributed by atoms with Gasteiger partial charge in [0.1, 0.15) is 24.8 Å². The third-order valence-corrected chi connectivity index (χ3v) is 5.28. The number of benzene rings is 2. The molecule has 9 heteroatoms. The SMILES string of the molecule is CCOc1cc(C2C(C(=O)OC(C)C)=C(C)Nc3ncnn32)ccc1OCc1ccccc1F. The lowest BCUT2D eigenvalue weighted by molar-refractivity contribution is -0.143. The third kappa shape index (κ3) is 4.73. The van der Waals surface area contributed by atoms with Gasteiger partial charge in [0, 0.05) is 11.3 Å². The molecule has 0 bridgehead atoms. The van der Waals surface area contributed by atoms with Crippen molar-refractivity contribution in [3.05, 3.63) is 77.0 Å². The van der Waals surface area contributed by atoms with Gasteiger partial charge in [-0.25, -0.2) is 13.9 Å². The molecule has 34 heavy (non-hydrogen) atoms. The van der Waals surface area contributed by atoms with Crippen molar-refractivity contribution in [2.75, 3.05) is 11.9 Å². The van der Waals surface area contributed by atoms with Crippen molar-refractivity contribution in [2.24, 2.45) is 0 Å². The molecule has 1 atom stereocenters. The zero-order valence-corrected chi connectivity index (χ0v) is 19.5. The minimum atomic E-state index is -0.579. The predicted octanol–water partition coefficient (Wildman–Crippen LogP) is 4.64. The van der Waals surface area contributed by atoms with E-state index in [0.717, 1.165) is 5.56 Å². The van der Waals surface area contributed by atoms with Crippen molar-refractivity contribution in [3.63, 3.8) is 0 Å². The number of nitrogens with zero attached hydrogens (tertiary/aromatic N) is 3. The van der Waals surface area contributed by atoms with Crippen LogP contribution in [0.3, 0.4) is 0 Å². The van der Waals surface area contributed by atoms with Crippen LogP contribution in [0.15, 0.2) is 60.1 Å². The van der Waals surface area contributed by atoms with Gasteiger partial charge in [-0.15, -0.1) is 0 Å². The number of hydrogen-bond acceptors (Lipinski definition) is 7. The number of nitrogens with one attached hydrogen (secondary N) is 1. The number of hydrogen-bond donors (Lipinski definition) is 1. The second kappa shape index (κ2) is 9.94. The van der Waals surface area contributed by atoms with Crippen LogP contribution in [0.4, 0.5) is 10.3 Å². The summed E-state index contributed by atoms with van der Waals surface area (Å²) in [5.41, 5.74) is 2.24. The molecule has 1 aliphatic heterocycles. The molecule has 0 aliphatic carbocycles. The maximum atomic E-state index is 14.0. The van der Waals surface area contributed by atoms with Crippen LogP contribution in [0.25, 0.3) is 0 Å². The minimum absolute atomic E-state index is 0.0532. The second-order valence-corrected chi connectivity index (χ2v) is 8.07. The number of anilines is 1. The molecule has 0 saturated carbocycles. The average Bonchev–Trinajstić information content (AvgIpc) is 3.26. The number of rotatable bonds is 8. The molecule has 8 nitrogen and oxygen atoms in total. The molecule has 2 heterocycles. The van der Waals surface area contributed by atoms with Gasteiger partial charge >= 0.3 is 5.97 Å². The molecule has 1 N–H and O–H groups in total. The summed E-state index contributed by atoms with van der Waals surface area (Å²) in [5, 5.41) is 7.45. The standard InChI is InChI=1S/C25H27FN4O4/c1-5-32-21-12-17(10-11-20(21)33-13-18-8-6-7-9-19(18)26)23-22(24(31)34-15(2)3)16(4)29-25-27-14-28-30(23)25/h6-12,14-15,23H,5,13H2,1-4H3,(H,27,28,29). The van der Waals surface area contributed by atoms with Crippen molar-refractivity contribution in [1.82, 2.24) is 14.8 Å². The topological polar surface area (TPSA) is 87.5 Å². The number of ether oxygens (including phenoxy) is 3. The first-order chi connectivity index (χ1) is 16.4. The van der Waals surface area contributed by atoms with Gasteiger partial charge in [-0.2, -0.15) is 10.1 Å². The number of halogens is 1. The van der Waals surface area contributed by atoms with Crippen molar-refractivity contribution in [2.45, 2.75) is 46.4 Å². The van der Waals surface area contributed by atoms with E-state index in [1.807, 2.05) is 13.0 Å². The Hall–Kier alpha value is -3.88. The lowest BCUT2D eigenvalue weighted by Gasteiger charge is -2.29. The van der Waals surface area contributed by atoms with E-state index in [1.54, 1.807) is 55.8 Å². The monoisotopic (exact) mass is 466 g/mol. The average molecular weight is 467 g/mol. The van der Waals surface area contributed by atoms with E-state index < -0.39 is 12.0 Å². The Morgan fingerprint density at radius 3 is 2.71 bits per heavy atom. The minimum Gasteiger partial charge on any atom is -0.490 e. The van der Waals surface area contributed by atoms with E-state index in [1.165, 1.54) is 12.4 Å². The first kappa shape index (κ1) is 23.3. The Morgan fingerprint density at radius 1 is 1.18 bits per heavy atom. The summed E-state index contributed by atoms with van der Waals surface area (Å²) in [6, 6.07) is 11.3. The fourth-order valence-electron chi connectivity index (χ4n) is 3.79. The van der Waals surface area contributed by atoms with Crippen LogP contribution in [-0.4, -0.2) is 33.4 Å². The van der Waals surface area contributed by atoms with Gasteiger partial charge in [0.2, 0.25) is 5.95 Å². The van der Waals surface area contributed by atoms with Gasteiger partial charge in [0.05, 0.1) is 18.3 Å². The molecule has 4 rings (SSSR count). The summed E-state index contributed by atoms with van der Waals surface area (Å²) in [7, 11) is 0. The van der Waals surface area contributed by atoms with E-state index in [2.05, 4.69) is 15.4 Å². The van der Waals surface area contributed by atoms with Crippen molar-refractivity contribution in [3.8, 4) is 11.5 Å². The Kier molecular flexibility index (Phi) is 6.81. The number of aromatic nitrogens is 3. The lowest BCUT2D eigenvalue weighted by atomic mass is 9.95. The van der Waals surface area contributed by atoms with Gasteiger partial charge in [-0.05, 0) is 51.5 Å². The summed E-state index contributed by atoms with van der Waals surface area (Å²) < 4.78 is 32.9. The lowest BCUT2D eigenvalue weighted by Crippen LogP contribution is -2.30. The number of fused-ring (bicyclic) bond motifs is 1. The molecule has 0 spiro atoms. The largest absolute Gasteiger partial charge is 0.490 e. The molecule has 1 aromatic heterocycles. The summed E-state index contributed by atoms with van der Waals surface area (Å²) in [6.07, 6.45) is 1.15. The molecule has 0 radical (unpaired) electrons. The number of allylic oxidation sites excluding steroid dienone is 1. The normalized spacial score (nSPS) is 15.1. The fourth-order valence-corrected chi connectivity index (χ4v) is 3.79. The Labute approximate surface area is 197 Å². The zero-order chi connectivity index (χ0) is 24.2. The van der Waals surface area contributed by atoms with Crippen LogP contribution < -0.4 is 14.8 Å². The van der Waals surface area contributed by atoms with Crippen molar-refractivity contribution in [1.29, 1.82) is 0 Å². The van der Waals surface area contributed by atoms with Gasteiger partial charge in [0.25, 0.3) is 0 Å². The van der Waals surface area contributed by atoms with Crippen LogP contribution >= 0.6 is 0 Å². The second-order valence-electron chi connectivity index (χ2n) is 8.07. The van der Waals surface area contributed by atoms with E-state index in [4.69, 9.17) is 14.2 Å². The van der Waals surface area contributed by atoms with E-state index in [0.29, 0.717) is 40.9 Å². The number of esters is 1. The van der Waals surface area contributed by atoms with Crippen LogP contribution in [0, 0.1) is 5.82 Å². The Bertz CT molecular complexity index is 1220. The molecular formula is C25H27FN4O4. The molecular weight excluding hydrogens is 439 g/mol. The van der Waals surface area contributed by atoms with Crippen LogP contribution in [0.5, 0.6) is 11.5 Å². The summed E-state index contributed by atoms with van der Waals surface area (Å²) in [5.74, 6) is 0.684. The highest BCUT2D eigenvalue weighted by Gasteiger charge is 2.35. The Morgan fingerprint density at radius 2 is 1.97 bits per heavy atom. The highest BCUT2D eigenvalue weighted by Crippen LogP contribution is 2.39. The van der Waals surface area contributed by atoms with Crippen molar-refractivity contribution < 1.29 is 23.4 Å². The van der Waals surface area contributed by atoms with E-state index in [9.17, 15) is 9.18 Å². The Balaban J connectivity index is 1.71. The summed E-state index contributed by atoms with van der Waals surface area (Å²) >= 11 is 0. The molecule has 2 aromatic carbocycles. The molecule has 3 aromatic rings. The first-order valence-electron chi connectivity index (χ1n) is 11.1. The van der Waals surface area contributed by atoms with Gasteiger partial charge in [-0.3, -0.25) is 0 Å². The van der Waals surface area contributed by atoms with E-state index >= 15 is 0 Å². The molecule has 0 fully saturated rings. The van der Waals surface area contributed by atoms with Gasteiger partial charge < -0.3 is 19.5 Å². The third-order valence-electron chi connectivity index (χ3n) is 5.28. The number of carbonyl (C=O) groups is 1. The maximum absolute atomic E-state index is 14.0. The highest BCUT2D eigenvalue weighted by atomic mass is 19.1. The highest BCUT2D eigenvalue weighted by molar-refractivity contribution is 5.92. The quantitative estimate of drug-likeness (QED) is 0.484. The summed E-state index contributed by atoms with van der Waals surface area (Å²) in [6.45, 7) is 7.72. The summed E-state index contributed by atoms with van der Waals surface area (Å²) in [4.78, 5) is 17.3. The zero-order valence-electron chi connectivity index (χ0n) is 19.5. The smallest absolute Gasteiger partial charge is 0.338 e. The van der Waals surface area contributed by atoms with E-state index in [-0.39, 0.29) is 18.5 Å². The van der Waals surface area contributed by atoms with Crippen molar-refractivity contribution >= 4 is 11.9 Å². The fraction of sp³-hybridized carbons (Fsp3) is 0.320. The molecule has 0 amide bonds.